The first-order chi connectivity index (χ1) is 15.0. The maximum absolute atomic E-state index is 13.1. The van der Waals surface area contributed by atoms with Crippen LogP contribution in [0.5, 0.6) is 0 Å². The first-order valence-electron chi connectivity index (χ1n) is 9.81. The minimum Gasteiger partial charge on any atom is -0.308 e. The second-order valence-corrected chi connectivity index (χ2v) is 12.8. The van der Waals surface area contributed by atoms with E-state index in [0.29, 0.717) is 28.4 Å². The molecular weight excluding hydrogens is 470 g/mol. The number of hydrogen-bond acceptors (Lipinski definition) is 8. The maximum Gasteiger partial charge on any atom is 0.229 e. The molecule has 1 heterocycles. The molecule has 2 aromatic carbocycles. The second kappa shape index (κ2) is 9.65. The van der Waals surface area contributed by atoms with Gasteiger partial charge >= 0.3 is 0 Å². The Morgan fingerprint density at radius 1 is 0.969 bits per heavy atom. The number of carbonyl (C=O) groups is 1. The Labute approximate surface area is 192 Å². The summed E-state index contributed by atoms with van der Waals surface area (Å²) < 4.78 is 49.5. The van der Waals surface area contributed by atoms with Gasteiger partial charge in [-0.3, -0.25) is 9.69 Å². The number of sulfone groups is 2. The Morgan fingerprint density at radius 3 is 2.28 bits per heavy atom. The van der Waals surface area contributed by atoms with Crippen molar-refractivity contribution in [2.45, 2.75) is 16.2 Å². The van der Waals surface area contributed by atoms with Gasteiger partial charge in [-0.1, -0.05) is 29.5 Å². The van der Waals surface area contributed by atoms with E-state index in [9.17, 15) is 21.6 Å². The summed E-state index contributed by atoms with van der Waals surface area (Å²) in [6.45, 7) is 0.887. The number of nitrogens with zero attached hydrogens (tertiary/aromatic N) is 3. The normalized spacial score (nSPS) is 12.4. The Kier molecular flexibility index (Phi) is 7.33. The molecule has 3 aromatic rings. The van der Waals surface area contributed by atoms with Gasteiger partial charge in [0.1, 0.15) is 0 Å². The first-order valence-corrected chi connectivity index (χ1v) is 14.2. The number of thiazole rings is 1. The Hall–Kier alpha value is -2.34. The van der Waals surface area contributed by atoms with Crippen LogP contribution in [0.15, 0.2) is 58.3 Å². The Morgan fingerprint density at radius 2 is 1.66 bits per heavy atom. The summed E-state index contributed by atoms with van der Waals surface area (Å²) in [4.78, 5) is 21.3. The molecular formula is C21H25N3O5S3. The molecule has 0 bridgehead atoms. The lowest BCUT2D eigenvalue weighted by Gasteiger charge is -2.22. The van der Waals surface area contributed by atoms with E-state index < -0.39 is 19.7 Å². The Balaban J connectivity index is 1.86. The highest BCUT2D eigenvalue weighted by Crippen LogP contribution is 2.31. The molecule has 0 unspecified atom stereocenters. The van der Waals surface area contributed by atoms with Crippen LogP contribution in [0, 0.1) is 0 Å². The third kappa shape index (κ3) is 5.91. The predicted octanol–water partition coefficient (Wildman–Crippen LogP) is 2.46. The van der Waals surface area contributed by atoms with Crippen molar-refractivity contribution in [2.24, 2.45) is 0 Å². The summed E-state index contributed by atoms with van der Waals surface area (Å²) in [5.74, 6) is -0.661. The highest BCUT2D eigenvalue weighted by molar-refractivity contribution is 7.91. The van der Waals surface area contributed by atoms with Crippen molar-refractivity contribution < 1.29 is 21.6 Å². The number of aromatic nitrogens is 1. The number of fused-ring (bicyclic) bond motifs is 1. The molecule has 32 heavy (non-hydrogen) atoms. The molecule has 0 N–H and O–H groups in total. The highest BCUT2D eigenvalue weighted by Gasteiger charge is 2.23. The number of likely N-dealkylation sites (N-methyl/N-ethyl adjacent to an activating group) is 1. The van der Waals surface area contributed by atoms with E-state index in [1.165, 1.54) is 34.4 Å². The summed E-state index contributed by atoms with van der Waals surface area (Å²) in [7, 11) is -3.21. The lowest BCUT2D eigenvalue weighted by Crippen LogP contribution is -2.37. The van der Waals surface area contributed by atoms with E-state index in [2.05, 4.69) is 4.98 Å². The number of hydrogen-bond donors (Lipinski definition) is 0. The molecule has 3 rings (SSSR count). The Bertz CT molecular complexity index is 1320. The van der Waals surface area contributed by atoms with Crippen LogP contribution in [0.25, 0.3) is 10.2 Å². The fourth-order valence-electron chi connectivity index (χ4n) is 2.97. The summed E-state index contributed by atoms with van der Waals surface area (Å²) in [5.41, 5.74) is 0.581. The van der Waals surface area contributed by atoms with Crippen molar-refractivity contribution in [3.8, 4) is 0 Å². The smallest absolute Gasteiger partial charge is 0.229 e. The molecule has 0 atom stereocenters. The zero-order valence-electron chi connectivity index (χ0n) is 18.1. The quantitative estimate of drug-likeness (QED) is 0.449. The maximum atomic E-state index is 13.1. The van der Waals surface area contributed by atoms with E-state index in [4.69, 9.17) is 0 Å². The fourth-order valence-corrected chi connectivity index (χ4v) is 5.99. The van der Waals surface area contributed by atoms with Crippen molar-refractivity contribution in [3.05, 3.63) is 48.5 Å². The average Bonchev–Trinajstić information content (AvgIpc) is 3.15. The first kappa shape index (κ1) is 24.3. The third-order valence-electron chi connectivity index (χ3n) is 4.77. The van der Waals surface area contributed by atoms with Crippen LogP contribution >= 0.6 is 11.3 Å². The van der Waals surface area contributed by atoms with Crippen molar-refractivity contribution in [1.82, 2.24) is 9.88 Å². The zero-order chi connectivity index (χ0) is 23.5. The van der Waals surface area contributed by atoms with E-state index >= 15 is 0 Å². The van der Waals surface area contributed by atoms with E-state index in [1.54, 1.807) is 30.3 Å². The van der Waals surface area contributed by atoms with Crippen LogP contribution in [-0.4, -0.2) is 71.8 Å². The van der Waals surface area contributed by atoms with Crippen LogP contribution in [-0.2, 0) is 24.5 Å². The molecule has 0 spiro atoms. The van der Waals surface area contributed by atoms with Gasteiger partial charge in [0.2, 0.25) is 5.91 Å². The molecule has 0 aliphatic rings. The van der Waals surface area contributed by atoms with Crippen LogP contribution in [0.4, 0.5) is 5.13 Å². The number of benzene rings is 2. The molecule has 0 saturated heterocycles. The number of carbonyl (C=O) groups excluding carboxylic acids is 1. The van der Waals surface area contributed by atoms with Gasteiger partial charge in [0.05, 0.1) is 25.8 Å². The van der Waals surface area contributed by atoms with Crippen LogP contribution in [0.2, 0.25) is 0 Å². The zero-order valence-corrected chi connectivity index (χ0v) is 20.5. The molecule has 0 fully saturated rings. The van der Waals surface area contributed by atoms with Gasteiger partial charge in [-0.25, -0.2) is 21.8 Å². The SMILES string of the molecule is CN(C)CCN(C(=O)CCS(=O)(=O)c1ccccc1)c1nc2ccc(S(C)(=O)=O)cc2s1. The van der Waals surface area contributed by atoms with Crippen molar-refractivity contribution in [2.75, 3.05) is 44.1 Å². The number of rotatable bonds is 9. The van der Waals surface area contributed by atoms with Gasteiger partial charge < -0.3 is 4.90 Å². The summed E-state index contributed by atoms with van der Waals surface area (Å²) in [6.07, 6.45) is 0.950. The third-order valence-corrected chi connectivity index (χ3v) is 8.65. The van der Waals surface area contributed by atoms with Crippen molar-refractivity contribution in [1.29, 1.82) is 0 Å². The van der Waals surface area contributed by atoms with Gasteiger partial charge in [0.25, 0.3) is 0 Å². The predicted molar refractivity (Wildman–Crippen MR) is 127 cm³/mol. The van der Waals surface area contributed by atoms with Crippen LogP contribution in [0.3, 0.4) is 0 Å². The highest BCUT2D eigenvalue weighted by atomic mass is 32.2. The van der Waals surface area contributed by atoms with Crippen LogP contribution < -0.4 is 4.90 Å². The van der Waals surface area contributed by atoms with Crippen molar-refractivity contribution in [3.63, 3.8) is 0 Å². The average molecular weight is 496 g/mol. The summed E-state index contributed by atoms with van der Waals surface area (Å²) >= 11 is 1.21. The standard InChI is InChI=1S/C21H25N3O5S3/c1-23(2)12-13-24(20(25)11-14-32(28,29)16-7-5-4-6-8-16)21-22-18-10-9-17(31(3,26)27)15-19(18)30-21/h4-10,15H,11-14H2,1-3H3. The van der Waals surface area contributed by atoms with E-state index in [0.717, 1.165) is 6.26 Å². The minimum absolute atomic E-state index is 0.181. The molecule has 0 radical (unpaired) electrons. The summed E-state index contributed by atoms with van der Waals surface area (Å²) in [5, 5.41) is 0.412. The second-order valence-electron chi connectivity index (χ2n) is 7.63. The van der Waals surface area contributed by atoms with Crippen molar-refractivity contribution >= 4 is 52.3 Å². The molecule has 172 valence electrons. The monoisotopic (exact) mass is 495 g/mol. The molecule has 8 nitrogen and oxygen atoms in total. The van der Waals surface area contributed by atoms with Crippen LogP contribution in [0.1, 0.15) is 6.42 Å². The van der Waals surface area contributed by atoms with E-state index in [1.807, 2.05) is 19.0 Å². The fraction of sp³-hybridized carbons (Fsp3) is 0.333. The van der Waals surface area contributed by atoms with Gasteiger partial charge in [-0.05, 0) is 44.4 Å². The number of amides is 1. The molecule has 0 saturated carbocycles. The minimum atomic E-state index is -3.59. The summed E-state index contributed by atoms with van der Waals surface area (Å²) in [6, 6.07) is 12.7. The van der Waals surface area contributed by atoms with Gasteiger partial charge in [-0.15, -0.1) is 0 Å². The molecule has 1 aromatic heterocycles. The van der Waals surface area contributed by atoms with Gasteiger partial charge in [0, 0.05) is 25.8 Å². The number of anilines is 1. The largest absolute Gasteiger partial charge is 0.308 e. The van der Waals surface area contributed by atoms with Gasteiger partial charge in [0.15, 0.2) is 24.8 Å². The van der Waals surface area contributed by atoms with E-state index in [-0.39, 0.29) is 27.9 Å². The topological polar surface area (TPSA) is 105 Å². The van der Waals surface area contributed by atoms with Gasteiger partial charge in [-0.2, -0.15) is 0 Å². The molecule has 0 aliphatic carbocycles. The lowest BCUT2D eigenvalue weighted by atomic mass is 10.3. The molecule has 0 aliphatic heterocycles. The molecule has 11 heteroatoms. The molecule has 1 amide bonds. The lowest BCUT2D eigenvalue weighted by molar-refractivity contribution is -0.118.